The van der Waals surface area contributed by atoms with E-state index >= 15 is 0 Å². The smallest absolute Gasteiger partial charge is 0.148 e. The van der Waals surface area contributed by atoms with Gasteiger partial charge in [0.1, 0.15) is 16.1 Å². The normalized spacial score (nSPS) is 22.5. The zero-order chi connectivity index (χ0) is 9.80. The molecule has 14 heavy (non-hydrogen) atoms. The van der Waals surface area contributed by atoms with Gasteiger partial charge in [-0.05, 0) is 7.05 Å². The van der Waals surface area contributed by atoms with Gasteiger partial charge in [0.25, 0.3) is 0 Å². The van der Waals surface area contributed by atoms with E-state index < -0.39 is 0 Å². The molecule has 0 bridgehead atoms. The molecule has 1 aromatic heterocycles. The highest BCUT2D eigenvalue weighted by molar-refractivity contribution is 7.11. The van der Waals surface area contributed by atoms with Gasteiger partial charge in [0.05, 0.1) is 19.8 Å². The molecule has 1 N–H and O–H groups in total. The Hall–Kier alpha value is -0.560. The Morgan fingerprint density at radius 2 is 2.43 bits per heavy atom. The molecule has 0 spiro atoms. The summed E-state index contributed by atoms with van der Waals surface area (Å²) < 4.78 is 10.8. The molecule has 1 atom stereocenters. The third kappa shape index (κ3) is 2.27. The predicted molar refractivity (Wildman–Crippen MR) is 52.2 cm³/mol. The maximum Gasteiger partial charge on any atom is 0.148 e. The number of hydrogen-bond acceptors (Lipinski definition) is 6. The van der Waals surface area contributed by atoms with Gasteiger partial charge >= 0.3 is 0 Å². The maximum absolute atomic E-state index is 5.52. The fourth-order valence-electron chi connectivity index (χ4n) is 1.25. The van der Waals surface area contributed by atoms with Gasteiger partial charge in [-0.2, -0.15) is 0 Å². The van der Waals surface area contributed by atoms with E-state index in [1.165, 1.54) is 0 Å². The van der Waals surface area contributed by atoms with Crippen LogP contribution in [-0.4, -0.2) is 37.1 Å². The molecule has 78 valence electrons. The third-order valence-electron chi connectivity index (χ3n) is 1.90. The molecule has 2 rings (SSSR count). The fourth-order valence-corrected chi connectivity index (χ4v) is 2.14. The summed E-state index contributed by atoms with van der Waals surface area (Å²) in [6.45, 7) is 2.67. The Bertz CT molecular complexity index is 286. The lowest BCUT2D eigenvalue weighted by Gasteiger charge is -2.20. The summed E-state index contributed by atoms with van der Waals surface area (Å²) in [5.41, 5.74) is 0. The summed E-state index contributed by atoms with van der Waals surface area (Å²) in [4.78, 5) is 0. The standard InChI is InChI=1S/C8H13N3O2S/c1-9-4-7-10-11-8(14-7)6-5-12-2-3-13-6/h6,9H,2-5H2,1H3. The predicted octanol–water partition coefficient (Wildman–Crippen LogP) is 0.345. The van der Waals surface area contributed by atoms with Crippen LogP contribution in [0.4, 0.5) is 0 Å². The van der Waals surface area contributed by atoms with Crippen LogP contribution in [0.3, 0.4) is 0 Å². The van der Waals surface area contributed by atoms with Crippen molar-refractivity contribution < 1.29 is 9.47 Å². The zero-order valence-electron chi connectivity index (χ0n) is 8.02. The summed E-state index contributed by atoms with van der Waals surface area (Å²) in [5.74, 6) is 0. The van der Waals surface area contributed by atoms with Crippen molar-refractivity contribution in [3.05, 3.63) is 10.0 Å². The Labute approximate surface area is 86.4 Å². The van der Waals surface area contributed by atoms with Gasteiger partial charge < -0.3 is 14.8 Å². The minimum absolute atomic E-state index is 0.0214. The molecule has 1 unspecified atom stereocenters. The number of nitrogens with one attached hydrogen (secondary N) is 1. The van der Waals surface area contributed by atoms with Gasteiger partial charge in [-0.3, -0.25) is 0 Å². The van der Waals surface area contributed by atoms with E-state index in [1.54, 1.807) is 11.3 Å². The van der Waals surface area contributed by atoms with Crippen molar-refractivity contribution in [2.24, 2.45) is 0 Å². The summed E-state index contributed by atoms with van der Waals surface area (Å²) in [7, 11) is 1.89. The van der Waals surface area contributed by atoms with Gasteiger partial charge in [-0.1, -0.05) is 11.3 Å². The second-order valence-electron chi connectivity index (χ2n) is 3.00. The molecule has 5 nitrogen and oxygen atoms in total. The number of aromatic nitrogens is 2. The number of rotatable bonds is 3. The molecule has 1 fully saturated rings. The molecule has 0 saturated carbocycles. The van der Waals surface area contributed by atoms with Crippen LogP contribution in [0.2, 0.25) is 0 Å². The van der Waals surface area contributed by atoms with E-state index in [2.05, 4.69) is 15.5 Å². The van der Waals surface area contributed by atoms with Gasteiger partial charge in [-0.15, -0.1) is 10.2 Å². The minimum Gasteiger partial charge on any atom is -0.376 e. The fraction of sp³-hybridized carbons (Fsp3) is 0.750. The van der Waals surface area contributed by atoms with E-state index in [-0.39, 0.29) is 6.10 Å². The van der Waals surface area contributed by atoms with Crippen molar-refractivity contribution in [3.63, 3.8) is 0 Å². The minimum atomic E-state index is -0.0214. The Morgan fingerprint density at radius 1 is 1.50 bits per heavy atom. The Kier molecular flexibility index (Phi) is 3.41. The highest BCUT2D eigenvalue weighted by atomic mass is 32.1. The van der Waals surface area contributed by atoms with Gasteiger partial charge in [0.2, 0.25) is 0 Å². The molecule has 1 aliphatic rings. The van der Waals surface area contributed by atoms with Gasteiger partial charge in [0.15, 0.2) is 0 Å². The molecule has 1 aliphatic heterocycles. The first-order valence-electron chi connectivity index (χ1n) is 4.56. The lowest BCUT2D eigenvalue weighted by atomic mass is 10.4. The van der Waals surface area contributed by atoms with Crippen LogP contribution >= 0.6 is 11.3 Å². The van der Waals surface area contributed by atoms with Crippen molar-refractivity contribution in [2.75, 3.05) is 26.9 Å². The Balaban J connectivity index is 2.00. The summed E-state index contributed by atoms with van der Waals surface area (Å²) in [6, 6.07) is 0. The maximum atomic E-state index is 5.52. The molecular weight excluding hydrogens is 202 g/mol. The molecule has 6 heteroatoms. The lowest BCUT2D eigenvalue weighted by molar-refractivity contribution is -0.0903. The van der Waals surface area contributed by atoms with E-state index in [4.69, 9.17) is 9.47 Å². The van der Waals surface area contributed by atoms with Crippen molar-refractivity contribution in [1.29, 1.82) is 0 Å². The highest BCUT2D eigenvalue weighted by Gasteiger charge is 2.20. The van der Waals surface area contributed by atoms with Gasteiger partial charge in [-0.25, -0.2) is 0 Å². The largest absolute Gasteiger partial charge is 0.376 e. The van der Waals surface area contributed by atoms with Crippen LogP contribution in [0.25, 0.3) is 0 Å². The van der Waals surface area contributed by atoms with Crippen molar-refractivity contribution in [2.45, 2.75) is 12.6 Å². The van der Waals surface area contributed by atoms with E-state index in [0.717, 1.165) is 16.6 Å². The second kappa shape index (κ2) is 4.79. The van der Waals surface area contributed by atoms with Crippen LogP contribution in [0, 0.1) is 0 Å². The third-order valence-corrected chi connectivity index (χ3v) is 2.92. The topological polar surface area (TPSA) is 56.3 Å². The first kappa shape index (κ1) is 9.97. The monoisotopic (exact) mass is 215 g/mol. The second-order valence-corrected chi connectivity index (χ2v) is 4.09. The summed E-state index contributed by atoms with van der Waals surface area (Å²) >= 11 is 1.57. The van der Waals surface area contributed by atoms with Crippen LogP contribution in [0.1, 0.15) is 16.1 Å². The molecule has 0 aromatic carbocycles. The van der Waals surface area contributed by atoms with Gasteiger partial charge in [0, 0.05) is 6.54 Å². The number of hydrogen-bond donors (Lipinski definition) is 1. The average molecular weight is 215 g/mol. The first-order chi connectivity index (χ1) is 6.90. The van der Waals surface area contributed by atoms with Crippen LogP contribution in [0.5, 0.6) is 0 Å². The molecular formula is C8H13N3O2S. The van der Waals surface area contributed by atoms with Crippen LogP contribution in [-0.2, 0) is 16.0 Å². The number of nitrogens with zero attached hydrogens (tertiary/aromatic N) is 2. The molecule has 1 saturated heterocycles. The van der Waals surface area contributed by atoms with Crippen LogP contribution < -0.4 is 5.32 Å². The summed E-state index contributed by atoms with van der Waals surface area (Å²) in [5, 5.41) is 13.1. The Morgan fingerprint density at radius 3 is 3.14 bits per heavy atom. The summed E-state index contributed by atoms with van der Waals surface area (Å²) in [6.07, 6.45) is -0.0214. The number of ether oxygens (including phenoxy) is 2. The molecule has 2 heterocycles. The van der Waals surface area contributed by atoms with E-state index in [9.17, 15) is 0 Å². The SMILES string of the molecule is CNCc1nnc(C2COCCO2)s1. The van der Waals surface area contributed by atoms with Crippen molar-refractivity contribution in [1.82, 2.24) is 15.5 Å². The first-order valence-corrected chi connectivity index (χ1v) is 5.38. The highest BCUT2D eigenvalue weighted by Crippen LogP contribution is 2.23. The van der Waals surface area contributed by atoms with Crippen molar-refractivity contribution in [3.8, 4) is 0 Å². The quantitative estimate of drug-likeness (QED) is 0.788. The van der Waals surface area contributed by atoms with E-state index in [0.29, 0.717) is 19.8 Å². The van der Waals surface area contributed by atoms with E-state index in [1.807, 2.05) is 7.05 Å². The average Bonchev–Trinajstić information content (AvgIpc) is 2.68. The molecule has 1 aromatic rings. The molecule has 0 aliphatic carbocycles. The van der Waals surface area contributed by atoms with Crippen molar-refractivity contribution >= 4 is 11.3 Å². The lowest BCUT2D eigenvalue weighted by Crippen LogP contribution is -2.21. The molecule has 0 radical (unpaired) electrons. The zero-order valence-corrected chi connectivity index (χ0v) is 8.84. The van der Waals surface area contributed by atoms with Crippen LogP contribution in [0.15, 0.2) is 0 Å². The molecule has 0 amide bonds.